The molecule has 12 heteroatoms. The zero-order valence-electron chi connectivity index (χ0n) is 23.9. The molecule has 0 bridgehead atoms. The highest BCUT2D eigenvalue weighted by Crippen LogP contribution is 2.54. The summed E-state index contributed by atoms with van der Waals surface area (Å²) in [6.07, 6.45) is 0. The van der Waals surface area contributed by atoms with Gasteiger partial charge in [-0.3, -0.25) is 23.7 Å². The Morgan fingerprint density at radius 2 is 1.59 bits per heavy atom. The van der Waals surface area contributed by atoms with E-state index in [9.17, 15) is 24.3 Å². The van der Waals surface area contributed by atoms with Gasteiger partial charge in [-0.25, -0.2) is 4.90 Å². The first-order chi connectivity index (χ1) is 21.2. The average Bonchev–Trinajstić information content (AvgIpc) is 3.46. The Labute approximate surface area is 270 Å². The first-order valence-electron chi connectivity index (χ1n) is 14.2. The Hall–Kier alpha value is -3.87. The number of hydrogen-bond donors (Lipinski definition) is 2. The molecule has 3 atom stereocenters. The van der Waals surface area contributed by atoms with E-state index in [1.165, 1.54) is 33.4 Å². The fourth-order valence-electron chi connectivity index (χ4n) is 5.83. The number of rotatable bonds is 8. The molecule has 0 saturated carbocycles. The highest BCUT2D eigenvalue weighted by atomic mass is 79.9. The van der Waals surface area contributed by atoms with Gasteiger partial charge in [0.15, 0.2) is 0 Å². The molecule has 44 heavy (non-hydrogen) atoms. The Balaban J connectivity index is 1.41. The van der Waals surface area contributed by atoms with Gasteiger partial charge in [0.05, 0.1) is 16.6 Å². The number of phenols is 1. The second-order valence-corrected chi connectivity index (χ2v) is 13.6. The molecule has 3 amide bonds. The Bertz CT molecular complexity index is 1780. The number of nitrogens with one attached hydrogen (secondary N) is 1. The number of anilines is 3. The number of phenolic OH excluding ortho intramolecular Hbond substituents is 1. The fourth-order valence-corrected chi connectivity index (χ4v) is 8.87. The van der Waals surface area contributed by atoms with Gasteiger partial charge in [0.2, 0.25) is 17.7 Å². The van der Waals surface area contributed by atoms with E-state index in [4.69, 9.17) is 0 Å². The van der Waals surface area contributed by atoms with Crippen LogP contribution in [-0.4, -0.2) is 45.7 Å². The van der Waals surface area contributed by atoms with Crippen molar-refractivity contribution in [1.29, 1.82) is 0 Å². The molecule has 6 rings (SSSR count). The van der Waals surface area contributed by atoms with Crippen LogP contribution in [0.1, 0.15) is 30.2 Å². The van der Waals surface area contributed by atoms with Crippen LogP contribution >= 0.6 is 39.0 Å². The third kappa shape index (κ3) is 5.46. The lowest BCUT2D eigenvalue weighted by molar-refractivity contribution is -0.122. The van der Waals surface area contributed by atoms with Crippen molar-refractivity contribution in [3.8, 4) is 5.75 Å². The summed E-state index contributed by atoms with van der Waals surface area (Å²) >= 11 is 5.61. The fraction of sp³-hybridized carbons (Fsp3) is 0.250. The molecule has 226 valence electrons. The van der Waals surface area contributed by atoms with Crippen molar-refractivity contribution >= 4 is 73.8 Å². The number of aromatic nitrogens is 1. The van der Waals surface area contributed by atoms with Crippen molar-refractivity contribution in [3.05, 3.63) is 97.4 Å². The van der Waals surface area contributed by atoms with E-state index in [0.717, 1.165) is 40.1 Å². The van der Waals surface area contributed by atoms with Gasteiger partial charge in [-0.15, -0.1) is 0 Å². The van der Waals surface area contributed by atoms with Crippen LogP contribution in [0, 0.1) is 5.92 Å². The number of fused-ring (bicyclic) bond motifs is 2. The van der Waals surface area contributed by atoms with Gasteiger partial charge in [-0.05, 0) is 80.1 Å². The van der Waals surface area contributed by atoms with E-state index >= 15 is 0 Å². The number of aromatic hydroxyl groups is 1. The van der Waals surface area contributed by atoms with Crippen LogP contribution in [-0.2, 0) is 20.9 Å². The van der Waals surface area contributed by atoms with E-state index in [0.29, 0.717) is 21.3 Å². The molecule has 3 aromatic carbocycles. The van der Waals surface area contributed by atoms with Gasteiger partial charge in [0.25, 0.3) is 0 Å². The number of amides is 3. The molecule has 4 aromatic rings. The van der Waals surface area contributed by atoms with Gasteiger partial charge in [-0.1, -0.05) is 51.2 Å². The molecular formula is C32H29BrN4O5S2. The highest BCUT2D eigenvalue weighted by molar-refractivity contribution is 9.10. The second kappa shape index (κ2) is 12.3. The van der Waals surface area contributed by atoms with Gasteiger partial charge in [0.1, 0.15) is 17.5 Å². The predicted octanol–water partition coefficient (Wildman–Crippen LogP) is 5.66. The maximum absolute atomic E-state index is 14.1. The zero-order valence-corrected chi connectivity index (χ0v) is 27.1. The second-order valence-electron chi connectivity index (χ2n) is 10.5. The lowest BCUT2D eigenvalue weighted by Gasteiger charge is -2.31. The van der Waals surface area contributed by atoms with Crippen LogP contribution < -0.4 is 20.0 Å². The molecule has 0 aliphatic carbocycles. The Morgan fingerprint density at radius 3 is 2.23 bits per heavy atom. The molecule has 0 radical (unpaired) electrons. The number of thioether (sulfide) groups is 1. The number of imide groups is 1. The summed E-state index contributed by atoms with van der Waals surface area (Å²) in [6, 6.07) is 21.1. The minimum absolute atomic E-state index is 0.0706. The van der Waals surface area contributed by atoms with Gasteiger partial charge < -0.3 is 15.3 Å². The third-order valence-corrected chi connectivity index (χ3v) is 11.1. The number of carbonyl (C=O) groups is 3. The Kier molecular flexibility index (Phi) is 8.40. The quantitative estimate of drug-likeness (QED) is 0.181. The average molecular weight is 694 g/mol. The molecule has 3 heterocycles. The first-order valence-corrected chi connectivity index (χ1v) is 16.7. The van der Waals surface area contributed by atoms with Crippen LogP contribution in [0.2, 0.25) is 0 Å². The summed E-state index contributed by atoms with van der Waals surface area (Å²) in [6.45, 7) is 5.60. The minimum Gasteiger partial charge on any atom is -0.508 e. The topological polar surface area (TPSA) is 112 Å². The molecule has 2 aliphatic heterocycles. The molecular weight excluding hydrogens is 664 g/mol. The maximum Gasteiger partial charge on any atom is 0.308 e. The monoisotopic (exact) mass is 692 g/mol. The van der Waals surface area contributed by atoms with Crippen molar-refractivity contribution in [2.75, 3.05) is 28.2 Å². The van der Waals surface area contributed by atoms with Crippen molar-refractivity contribution in [2.24, 2.45) is 5.92 Å². The van der Waals surface area contributed by atoms with Crippen LogP contribution in [0.4, 0.5) is 17.1 Å². The van der Waals surface area contributed by atoms with Crippen molar-refractivity contribution < 1.29 is 19.5 Å². The van der Waals surface area contributed by atoms with Crippen LogP contribution in [0.25, 0.3) is 0 Å². The number of nitrogens with zero attached hydrogens (tertiary/aromatic N) is 3. The maximum atomic E-state index is 14.1. The van der Waals surface area contributed by atoms with Crippen molar-refractivity contribution in [3.63, 3.8) is 0 Å². The molecule has 0 spiro atoms. The van der Waals surface area contributed by atoms with Crippen molar-refractivity contribution in [2.45, 2.75) is 36.6 Å². The molecule has 9 nitrogen and oxygen atoms in total. The number of thiazole rings is 1. The lowest BCUT2D eigenvalue weighted by Crippen LogP contribution is -2.33. The van der Waals surface area contributed by atoms with E-state index in [-0.39, 0.29) is 29.0 Å². The third-order valence-electron chi connectivity index (χ3n) is 7.97. The van der Waals surface area contributed by atoms with Crippen molar-refractivity contribution in [1.82, 2.24) is 4.57 Å². The van der Waals surface area contributed by atoms with Gasteiger partial charge in [-0.2, -0.15) is 0 Å². The number of hydrogen-bond acceptors (Lipinski definition) is 8. The molecule has 1 saturated heterocycles. The van der Waals surface area contributed by atoms with E-state index in [2.05, 4.69) is 40.0 Å². The number of benzene rings is 3. The predicted molar refractivity (Wildman–Crippen MR) is 177 cm³/mol. The summed E-state index contributed by atoms with van der Waals surface area (Å²) in [4.78, 5) is 58.3. The molecule has 1 aromatic heterocycles. The normalized spacial score (nSPS) is 19.1. The van der Waals surface area contributed by atoms with Crippen LogP contribution in [0.15, 0.2) is 87.1 Å². The lowest BCUT2D eigenvalue weighted by atomic mass is 9.83. The summed E-state index contributed by atoms with van der Waals surface area (Å²) < 4.78 is 2.23. The summed E-state index contributed by atoms with van der Waals surface area (Å²) in [5.74, 6) is -2.27. The standard InChI is InChI=1S/C32H29BrN4O5S2/c1-3-35(4-2)21-11-5-18(6-12-21)25-26-27(30(41)37(29(26)40)22-13-7-19(33)8-14-22)43-31-28(25)44-32(42)36(31)17-24(39)34-20-9-15-23(38)16-10-20/h5-16,25-27,38H,3-4,17H2,1-2H3,(H,34,39). The van der Waals surface area contributed by atoms with Gasteiger partial charge in [0, 0.05) is 39.7 Å². The number of halogens is 1. The van der Waals surface area contributed by atoms with E-state index < -0.39 is 23.0 Å². The van der Waals surface area contributed by atoms with Crippen LogP contribution in [0.5, 0.6) is 5.75 Å². The van der Waals surface area contributed by atoms with Gasteiger partial charge >= 0.3 is 4.87 Å². The number of carbonyl (C=O) groups excluding carboxylic acids is 3. The first kappa shape index (κ1) is 30.2. The molecule has 2 aliphatic rings. The minimum atomic E-state index is -0.772. The zero-order chi connectivity index (χ0) is 31.1. The van der Waals surface area contributed by atoms with Crippen LogP contribution in [0.3, 0.4) is 0 Å². The van der Waals surface area contributed by atoms with E-state index in [1.54, 1.807) is 36.4 Å². The molecule has 3 unspecified atom stereocenters. The SMILES string of the molecule is CCN(CC)c1ccc(C2c3sc(=O)n(CC(=O)Nc4ccc(O)cc4)c3SC3C(=O)N(c4ccc(Br)cc4)C(=O)C32)cc1. The molecule has 2 N–H and O–H groups in total. The smallest absolute Gasteiger partial charge is 0.308 e. The largest absolute Gasteiger partial charge is 0.508 e. The summed E-state index contributed by atoms with van der Waals surface area (Å²) in [5.41, 5.74) is 2.84. The molecule has 1 fully saturated rings. The summed E-state index contributed by atoms with van der Waals surface area (Å²) in [5, 5.41) is 12.1. The Morgan fingerprint density at radius 1 is 0.932 bits per heavy atom. The summed E-state index contributed by atoms with van der Waals surface area (Å²) in [7, 11) is 0. The van der Waals surface area contributed by atoms with E-state index in [1.807, 2.05) is 24.3 Å². The highest BCUT2D eigenvalue weighted by Gasteiger charge is 2.56.